The summed E-state index contributed by atoms with van der Waals surface area (Å²) in [5.74, 6) is -0.368. The van der Waals surface area contributed by atoms with Crippen molar-refractivity contribution in [3.8, 4) is 0 Å². The van der Waals surface area contributed by atoms with Gasteiger partial charge in [0.25, 0.3) is 0 Å². The van der Waals surface area contributed by atoms with E-state index in [-0.39, 0.29) is 11.2 Å². The predicted octanol–water partition coefficient (Wildman–Crippen LogP) is 1.81. The van der Waals surface area contributed by atoms with Gasteiger partial charge in [-0.1, -0.05) is 0 Å². The van der Waals surface area contributed by atoms with Crippen LogP contribution in [0.5, 0.6) is 0 Å². The van der Waals surface area contributed by atoms with Gasteiger partial charge in [-0.15, -0.1) is 0 Å². The fourth-order valence-corrected chi connectivity index (χ4v) is 1.51. The number of aromatic amines is 1. The largest absolute Gasteiger partial charge is 0.378 e. The fourth-order valence-electron chi connectivity index (χ4n) is 1.51. The minimum absolute atomic E-state index is 0.129. The van der Waals surface area contributed by atoms with Gasteiger partial charge in [-0.25, -0.2) is 4.39 Å². The van der Waals surface area contributed by atoms with Crippen molar-refractivity contribution in [2.45, 2.75) is 6.61 Å². The second-order valence-corrected chi connectivity index (χ2v) is 3.28. The lowest BCUT2D eigenvalue weighted by molar-refractivity contribution is 0.181. The van der Waals surface area contributed by atoms with Crippen molar-refractivity contribution < 1.29 is 9.13 Å². The molecule has 4 heteroatoms. The van der Waals surface area contributed by atoms with Crippen LogP contribution in [0.1, 0.15) is 5.69 Å². The quantitative estimate of drug-likeness (QED) is 0.816. The van der Waals surface area contributed by atoms with E-state index in [2.05, 4.69) is 4.98 Å². The highest BCUT2D eigenvalue weighted by atomic mass is 19.1. The number of methoxy groups -OCH3 is 1. The van der Waals surface area contributed by atoms with Crippen LogP contribution >= 0.6 is 0 Å². The normalized spacial score (nSPS) is 10.8. The molecule has 0 radical (unpaired) electrons. The van der Waals surface area contributed by atoms with Crippen molar-refractivity contribution in [1.29, 1.82) is 0 Å². The molecular formula is C11H10FNO2. The molecule has 1 N–H and O–H groups in total. The number of H-pyrrole nitrogens is 1. The van der Waals surface area contributed by atoms with Crippen LogP contribution in [0.25, 0.3) is 10.9 Å². The Bertz CT molecular complexity index is 548. The molecule has 1 aromatic heterocycles. The molecule has 0 aliphatic heterocycles. The van der Waals surface area contributed by atoms with Crippen molar-refractivity contribution >= 4 is 10.9 Å². The Kier molecular flexibility index (Phi) is 2.51. The van der Waals surface area contributed by atoms with Gasteiger partial charge < -0.3 is 9.72 Å². The Labute approximate surface area is 85.5 Å². The number of fused-ring (bicyclic) bond motifs is 1. The van der Waals surface area contributed by atoms with E-state index in [1.165, 1.54) is 31.4 Å². The number of hydrogen-bond donors (Lipinski definition) is 1. The zero-order chi connectivity index (χ0) is 10.8. The Balaban J connectivity index is 2.68. The minimum Gasteiger partial charge on any atom is -0.378 e. The Morgan fingerprint density at radius 1 is 1.40 bits per heavy atom. The van der Waals surface area contributed by atoms with Gasteiger partial charge in [-0.05, 0) is 18.2 Å². The molecule has 0 saturated heterocycles. The maximum atomic E-state index is 12.9. The molecule has 78 valence electrons. The zero-order valence-electron chi connectivity index (χ0n) is 8.21. The van der Waals surface area contributed by atoms with Crippen LogP contribution in [-0.4, -0.2) is 12.1 Å². The SMILES string of the molecule is COCc1cc(=O)c2ccc(F)cc2[nH]1. The van der Waals surface area contributed by atoms with Crippen LogP contribution in [0.2, 0.25) is 0 Å². The molecule has 0 spiro atoms. The van der Waals surface area contributed by atoms with E-state index in [0.717, 1.165) is 0 Å². The molecule has 0 atom stereocenters. The van der Waals surface area contributed by atoms with Gasteiger partial charge in [0.05, 0.1) is 12.1 Å². The maximum Gasteiger partial charge on any atom is 0.189 e. The first-order valence-corrected chi connectivity index (χ1v) is 4.51. The average Bonchev–Trinajstić information content (AvgIpc) is 2.17. The molecule has 15 heavy (non-hydrogen) atoms. The monoisotopic (exact) mass is 207 g/mol. The van der Waals surface area contributed by atoms with Crippen molar-refractivity contribution in [3.63, 3.8) is 0 Å². The average molecular weight is 207 g/mol. The van der Waals surface area contributed by atoms with Gasteiger partial charge in [-0.3, -0.25) is 4.79 Å². The minimum atomic E-state index is -0.368. The van der Waals surface area contributed by atoms with E-state index in [9.17, 15) is 9.18 Å². The summed E-state index contributed by atoms with van der Waals surface area (Å²) in [4.78, 5) is 14.5. The lowest BCUT2D eigenvalue weighted by Crippen LogP contribution is -2.05. The summed E-state index contributed by atoms with van der Waals surface area (Å²) >= 11 is 0. The van der Waals surface area contributed by atoms with Gasteiger partial charge in [-0.2, -0.15) is 0 Å². The van der Waals surface area contributed by atoms with Crippen molar-refractivity contribution in [2.24, 2.45) is 0 Å². The third-order valence-electron chi connectivity index (χ3n) is 2.15. The first-order valence-electron chi connectivity index (χ1n) is 4.51. The van der Waals surface area contributed by atoms with E-state index in [0.29, 0.717) is 23.2 Å². The topological polar surface area (TPSA) is 42.1 Å². The summed E-state index contributed by atoms with van der Waals surface area (Å²) in [7, 11) is 1.54. The van der Waals surface area contributed by atoms with E-state index >= 15 is 0 Å². The van der Waals surface area contributed by atoms with Crippen LogP contribution in [0.4, 0.5) is 4.39 Å². The van der Waals surface area contributed by atoms with E-state index in [1.54, 1.807) is 0 Å². The zero-order valence-corrected chi connectivity index (χ0v) is 8.21. The predicted molar refractivity (Wildman–Crippen MR) is 55.2 cm³/mol. The number of benzene rings is 1. The van der Waals surface area contributed by atoms with Crippen molar-refractivity contribution in [1.82, 2.24) is 4.98 Å². The van der Waals surface area contributed by atoms with Crippen LogP contribution in [0, 0.1) is 5.82 Å². The molecule has 3 nitrogen and oxygen atoms in total. The molecule has 0 unspecified atom stereocenters. The smallest absolute Gasteiger partial charge is 0.189 e. The number of aromatic nitrogens is 1. The Hall–Kier alpha value is -1.68. The first kappa shape index (κ1) is 9.86. The van der Waals surface area contributed by atoms with Gasteiger partial charge >= 0.3 is 0 Å². The van der Waals surface area contributed by atoms with Crippen LogP contribution in [0.3, 0.4) is 0 Å². The molecule has 0 aliphatic carbocycles. The number of halogens is 1. The fraction of sp³-hybridized carbons (Fsp3) is 0.182. The van der Waals surface area contributed by atoms with E-state index in [4.69, 9.17) is 4.74 Å². The van der Waals surface area contributed by atoms with Crippen LogP contribution in [0.15, 0.2) is 29.1 Å². The summed E-state index contributed by atoms with van der Waals surface area (Å²) in [5, 5.41) is 0.483. The molecule has 1 heterocycles. The molecule has 0 fully saturated rings. The Morgan fingerprint density at radius 2 is 2.20 bits per heavy atom. The molecule has 1 aromatic carbocycles. The molecule has 0 aliphatic rings. The highest BCUT2D eigenvalue weighted by molar-refractivity contribution is 5.78. The standard InChI is InChI=1S/C11H10FNO2/c1-15-6-8-5-11(14)9-3-2-7(12)4-10(9)13-8/h2-5H,6H2,1H3,(H,13,14). The number of nitrogens with one attached hydrogen (secondary N) is 1. The lowest BCUT2D eigenvalue weighted by atomic mass is 10.2. The number of pyridine rings is 1. The van der Waals surface area contributed by atoms with Gasteiger partial charge in [0, 0.05) is 24.3 Å². The lowest BCUT2D eigenvalue weighted by Gasteiger charge is -2.02. The van der Waals surface area contributed by atoms with Crippen LogP contribution in [-0.2, 0) is 11.3 Å². The molecule has 0 bridgehead atoms. The number of hydrogen-bond acceptors (Lipinski definition) is 2. The molecule has 2 rings (SSSR count). The third kappa shape index (κ3) is 1.89. The Morgan fingerprint density at radius 3 is 2.93 bits per heavy atom. The highest BCUT2D eigenvalue weighted by Gasteiger charge is 2.02. The van der Waals surface area contributed by atoms with Gasteiger partial charge in [0.1, 0.15) is 5.82 Å². The summed E-state index contributed by atoms with van der Waals surface area (Å²) in [6.45, 7) is 0.307. The molecular weight excluding hydrogens is 197 g/mol. The van der Waals surface area contributed by atoms with Gasteiger partial charge in [0.15, 0.2) is 5.43 Å². The van der Waals surface area contributed by atoms with E-state index < -0.39 is 0 Å². The molecule has 2 aromatic rings. The van der Waals surface area contributed by atoms with Crippen LogP contribution < -0.4 is 5.43 Å². The molecule has 0 saturated carbocycles. The van der Waals surface area contributed by atoms with Gasteiger partial charge in [0.2, 0.25) is 0 Å². The second-order valence-electron chi connectivity index (χ2n) is 3.28. The maximum absolute atomic E-state index is 12.9. The summed E-state index contributed by atoms with van der Waals surface area (Å²) in [5.41, 5.74) is 1.01. The summed E-state index contributed by atoms with van der Waals surface area (Å²) in [6, 6.07) is 5.51. The second kappa shape index (κ2) is 3.82. The number of ether oxygens (including phenoxy) is 1. The third-order valence-corrected chi connectivity index (χ3v) is 2.15. The molecule has 0 amide bonds. The summed E-state index contributed by atoms with van der Waals surface area (Å²) in [6.07, 6.45) is 0. The summed E-state index contributed by atoms with van der Waals surface area (Å²) < 4.78 is 17.8. The van der Waals surface area contributed by atoms with E-state index in [1.807, 2.05) is 0 Å². The van der Waals surface area contributed by atoms with Crippen molar-refractivity contribution in [2.75, 3.05) is 7.11 Å². The first-order chi connectivity index (χ1) is 7.20. The highest BCUT2D eigenvalue weighted by Crippen LogP contribution is 2.10. The van der Waals surface area contributed by atoms with Crippen molar-refractivity contribution in [3.05, 3.63) is 46.0 Å². The number of rotatable bonds is 2.